The second-order valence-electron chi connectivity index (χ2n) is 6.24. The van der Waals surface area contributed by atoms with Crippen molar-refractivity contribution in [3.05, 3.63) is 23.8 Å². The molecule has 0 saturated carbocycles. The van der Waals surface area contributed by atoms with Crippen molar-refractivity contribution >= 4 is 29.9 Å². The van der Waals surface area contributed by atoms with Gasteiger partial charge in [-0.1, -0.05) is 0 Å². The maximum absolute atomic E-state index is 12.6. The van der Waals surface area contributed by atoms with Crippen LogP contribution in [-0.2, 0) is 16.0 Å². The summed E-state index contributed by atoms with van der Waals surface area (Å²) in [4.78, 5) is 4.14. The minimum Gasteiger partial charge on any atom is -0.497 e. The number of hydrogen-bond acceptors (Lipinski definition) is 5. The van der Waals surface area contributed by atoms with E-state index in [1.807, 2.05) is 0 Å². The van der Waals surface area contributed by atoms with Crippen molar-refractivity contribution in [3.8, 4) is 11.5 Å². The van der Waals surface area contributed by atoms with Gasteiger partial charge in [0.2, 0.25) is 0 Å². The Bertz CT molecular complexity index is 617. The Labute approximate surface area is 187 Å². The van der Waals surface area contributed by atoms with Crippen LogP contribution in [0.3, 0.4) is 0 Å². The highest BCUT2D eigenvalue weighted by Gasteiger charge is 2.14. The Balaban J connectivity index is 0.00000420. The molecular formula is C19H30F2IN3O4. The van der Waals surface area contributed by atoms with E-state index in [-0.39, 0.29) is 42.4 Å². The van der Waals surface area contributed by atoms with E-state index in [1.54, 1.807) is 19.2 Å². The maximum Gasteiger partial charge on any atom is 0.387 e. The lowest BCUT2D eigenvalue weighted by molar-refractivity contribution is -0.0505. The molecule has 0 atom stereocenters. The molecule has 10 heteroatoms. The van der Waals surface area contributed by atoms with Crippen molar-refractivity contribution in [3.63, 3.8) is 0 Å². The molecule has 0 unspecified atom stereocenters. The third-order valence-electron chi connectivity index (χ3n) is 4.29. The monoisotopic (exact) mass is 529 g/mol. The minimum absolute atomic E-state index is 0. The van der Waals surface area contributed by atoms with Crippen LogP contribution in [0.15, 0.2) is 23.2 Å². The van der Waals surface area contributed by atoms with Gasteiger partial charge in [-0.25, -0.2) is 0 Å². The average molecular weight is 529 g/mol. The number of aliphatic imine (C=N–C) groups is 1. The first-order valence-corrected chi connectivity index (χ1v) is 9.38. The van der Waals surface area contributed by atoms with Crippen LogP contribution >= 0.6 is 24.0 Å². The largest absolute Gasteiger partial charge is 0.497 e. The van der Waals surface area contributed by atoms with Crippen LogP contribution in [0.25, 0.3) is 0 Å². The zero-order valence-electron chi connectivity index (χ0n) is 16.8. The SMILES string of the molecule is CN=C(NCCCOC1CCOCC1)NCc1cc(OC)ccc1OC(F)F.I. The fourth-order valence-electron chi connectivity index (χ4n) is 2.80. The maximum atomic E-state index is 12.6. The van der Waals surface area contributed by atoms with E-state index in [4.69, 9.17) is 14.2 Å². The van der Waals surface area contributed by atoms with Gasteiger partial charge in [0.15, 0.2) is 5.96 Å². The molecule has 1 heterocycles. The van der Waals surface area contributed by atoms with E-state index in [1.165, 1.54) is 13.2 Å². The van der Waals surface area contributed by atoms with Crippen LogP contribution in [0.2, 0.25) is 0 Å². The quantitative estimate of drug-likeness (QED) is 0.210. The zero-order valence-corrected chi connectivity index (χ0v) is 19.1. The number of halogens is 3. The highest BCUT2D eigenvalue weighted by Crippen LogP contribution is 2.25. The van der Waals surface area contributed by atoms with Crippen molar-refractivity contribution in [2.24, 2.45) is 4.99 Å². The van der Waals surface area contributed by atoms with E-state index >= 15 is 0 Å². The van der Waals surface area contributed by atoms with Gasteiger partial charge in [0.25, 0.3) is 0 Å². The Morgan fingerprint density at radius 1 is 1.28 bits per heavy atom. The first kappa shape index (κ1) is 25.6. The molecule has 0 aromatic heterocycles. The molecule has 1 aliphatic heterocycles. The molecule has 29 heavy (non-hydrogen) atoms. The number of methoxy groups -OCH3 is 1. The van der Waals surface area contributed by atoms with Gasteiger partial charge in [-0.3, -0.25) is 4.99 Å². The summed E-state index contributed by atoms with van der Waals surface area (Å²) in [6, 6.07) is 4.69. The van der Waals surface area contributed by atoms with E-state index in [0.717, 1.165) is 32.5 Å². The summed E-state index contributed by atoms with van der Waals surface area (Å²) < 4.78 is 46.0. The molecule has 0 amide bonds. The van der Waals surface area contributed by atoms with Crippen molar-refractivity contribution in [1.82, 2.24) is 10.6 Å². The van der Waals surface area contributed by atoms with Gasteiger partial charge in [-0.05, 0) is 37.5 Å². The van der Waals surface area contributed by atoms with Crippen molar-refractivity contribution in [2.45, 2.75) is 38.5 Å². The van der Waals surface area contributed by atoms with Gasteiger partial charge in [-0.2, -0.15) is 8.78 Å². The molecule has 2 rings (SSSR count). The summed E-state index contributed by atoms with van der Waals surface area (Å²) >= 11 is 0. The Morgan fingerprint density at radius 3 is 2.69 bits per heavy atom. The number of hydrogen-bond donors (Lipinski definition) is 2. The first-order chi connectivity index (χ1) is 13.6. The lowest BCUT2D eigenvalue weighted by Crippen LogP contribution is -2.37. The number of alkyl halides is 2. The summed E-state index contributed by atoms with van der Waals surface area (Å²) in [7, 11) is 3.17. The Kier molecular flexibility index (Phi) is 12.9. The number of benzene rings is 1. The number of guanidine groups is 1. The smallest absolute Gasteiger partial charge is 0.387 e. The average Bonchev–Trinajstić information content (AvgIpc) is 2.71. The van der Waals surface area contributed by atoms with E-state index in [9.17, 15) is 8.78 Å². The van der Waals surface area contributed by atoms with E-state index in [0.29, 0.717) is 30.4 Å². The third-order valence-corrected chi connectivity index (χ3v) is 4.29. The Hall–Kier alpha value is -1.40. The van der Waals surface area contributed by atoms with Crippen LogP contribution in [0.1, 0.15) is 24.8 Å². The molecule has 2 N–H and O–H groups in total. The van der Waals surface area contributed by atoms with Gasteiger partial charge >= 0.3 is 6.61 Å². The van der Waals surface area contributed by atoms with Crippen LogP contribution in [0.4, 0.5) is 8.78 Å². The molecule has 0 aliphatic carbocycles. The molecule has 7 nitrogen and oxygen atoms in total. The summed E-state index contributed by atoms with van der Waals surface area (Å²) in [6.07, 6.45) is 3.00. The molecule has 1 aromatic carbocycles. The molecule has 1 aromatic rings. The summed E-state index contributed by atoms with van der Waals surface area (Å²) in [5, 5.41) is 6.27. The van der Waals surface area contributed by atoms with Gasteiger partial charge in [0.1, 0.15) is 11.5 Å². The predicted molar refractivity (Wildman–Crippen MR) is 118 cm³/mol. The number of nitrogens with zero attached hydrogens (tertiary/aromatic N) is 1. The Morgan fingerprint density at radius 2 is 2.03 bits per heavy atom. The molecule has 0 bridgehead atoms. The molecule has 1 saturated heterocycles. The van der Waals surface area contributed by atoms with Crippen molar-refractivity contribution in [1.29, 1.82) is 0 Å². The topological polar surface area (TPSA) is 73.3 Å². The number of rotatable bonds is 10. The second-order valence-corrected chi connectivity index (χ2v) is 6.24. The minimum atomic E-state index is -2.89. The van der Waals surface area contributed by atoms with Crippen molar-refractivity contribution < 1.29 is 27.7 Å². The van der Waals surface area contributed by atoms with E-state index < -0.39 is 6.61 Å². The fourth-order valence-corrected chi connectivity index (χ4v) is 2.80. The second kappa shape index (κ2) is 14.6. The molecule has 0 spiro atoms. The molecule has 1 aliphatic rings. The van der Waals surface area contributed by atoms with Crippen LogP contribution in [0, 0.1) is 0 Å². The lowest BCUT2D eigenvalue weighted by atomic mass is 10.1. The van der Waals surface area contributed by atoms with Crippen molar-refractivity contribution in [2.75, 3.05) is 40.5 Å². The highest BCUT2D eigenvalue weighted by atomic mass is 127. The normalized spacial score (nSPS) is 15.0. The summed E-state index contributed by atoms with van der Waals surface area (Å²) in [5.74, 6) is 1.23. The van der Waals surface area contributed by atoms with Crippen LogP contribution in [0.5, 0.6) is 11.5 Å². The fraction of sp³-hybridized carbons (Fsp3) is 0.632. The van der Waals surface area contributed by atoms with Gasteiger partial charge in [0.05, 0.1) is 13.2 Å². The molecule has 0 radical (unpaired) electrons. The van der Waals surface area contributed by atoms with Crippen LogP contribution < -0.4 is 20.1 Å². The number of ether oxygens (including phenoxy) is 4. The highest BCUT2D eigenvalue weighted by molar-refractivity contribution is 14.0. The first-order valence-electron chi connectivity index (χ1n) is 9.38. The summed E-state index contributed by atoms with van der Waals surface area (Å²) in [6.45, 7) is 0.248. The standard InChI is InChI=1S/C19H29F2N3O4.HI/c1-22-19(23-8-3-9-27-15-6-10-26-11-7-15)24-13-14-12-16(25-2)4-5-17(14)28-18(20)21;/h4-5,12,15,18H,3,6-11,13H2,1-2H3,(H2,22,23,24);1H. The molecule has 1 fully saturated rings. The van der Waals surface area contributed by atoms with Crippen LogP contribution in [-0.4, -0.2) is 59.2 Å². The summed E-state index contributed by atoms with van der Waals surface area (Å²) in [5.41, 5.74) is 0.547. The molecular weight excluding hydrogens is 499 g/mol. The van der Waals surface area contributed by atoms with Gasteiger partial charge < -0.3 is 29.6 Å². The number of nitrogens with one attached hydrogen (secondary N) is 2. The van der Waals surface area contributed by atoms with E-state index in [2.05, 4.69) is 20.4 Å². The lowest BCUT2D eigenvalue weighted by Gasteiger charge is -2.22. The van der Waals surface area contributed by atoms with Gasteiger partial charge in [0, 0.05) is 45.5 Å². The zero-order chi connectivity index (χ0) is 20.2. The molecule has 166 valence electrons. The predicted octanol–water partition coefficient (Wildman–Crippen LogP) is 3.17. The third kappa shape index (κ3) is 9.77. The van der Waals surface area contributed by atoms with Gasteiger partial charge in [-0.15, -0.1) is 24.0 Å².